The number of ether oxygens (including phenoxy) is 2. The summed E-state index contributed by atoms with van der Waals surface area (Å²) in [5.41, 5.74) is 0. The van der Waals surface area contributed by atoms with Crippen LogP contribution in [0.25, 0.3) is 0 Å². The maximum atomic E-state index is 9.24. The van der Waals surface area contributed by atoms with Crippen LogP contribution in [-0.2, 0) is 9.47 Å². The molecule has 0 bridgehead atoms. The minimum Gasteiger partial charge on any atom is -0.359 e. The van der Waals surface area contributed by atoms with Crippen LogP contribution in [0.4, 0.5) is 0 Å². The third-order valence-corrected chi connectivity index (χ3v) is 2.32. The van der Waals surface area contributed by atoms with Crippen molar-refractivity contribution in [2.45, 2.75) is 24.5 Å². The molecule has 0 saturated carbocycles. The Balaban J connectivity index is 2.29. The molecule has 0 aliphatic carbocycles. The molecule has 2 unspecified atom stereocenters. The quantitative estimate of drug-likeness (QED) is 0.311. The van der Waals surface area contributed by atoms with E-state index in [0.29, 0.717) is 13.0 Å². The van der Waals surface area contributed by atoms with Crippen molar-refractivity contribution in [3.05, 3.63) is 0 Å². The van der Waals surface area contributed by atoms with Crippen LogP contribution in [0, 0.1) is 5.92 Å². The first-order valence-corrected chi connectivity index (χ1v) is 3.64. The second-order valence-corrected chi connectivity index (χ2v) is 3.09. The summed E-state index contributed by atoms with van der Waals surface area (Å²) < 4.78 is 9.36. The van der Waals surface area contributed by atoms with E-state index in [4.69, 9.17) is 14.9 Å². The van der Waals surface area contributed by atoms with Crippen molar-refractivity contribution in [3.8, 4) is 0 Å². The molecule has 2 rings (SSSR count). The first kappa shape index (κ1) is 8.36. The highest BCUT2D eigenvalue weighted by Gasteiger charge is 2.66. The van der Waals surface area contributed by atoms with Gasteiger partial charge in [-0.1, -0.05) is 0 Å². The van der Waals surface area contributed by atoms with Crippen LogP contribution in [-0.4, -0.2) is 45.1 Å². The van der Waals surface area contributed by atoms with E-state index in [1.165, 1.54) is 0 Å². The second kappa shape index (κ2) is 2.16. The topological polar surface area (TPSA) is 99.4 Å². The first-order chi connectivity index (χ1) is 5.45. The van der Waals surface area contributed by atoms with Gasteiger partial charge in [-0.25, -0.2) is 0 Å². The molecule has 12 heavy (non-hydrogen) atoms. The molecule has 2 atom stereocenters. The summed E-state index contributed by atoms with van der Waals surface area (Å²) in [6.07, 6.45) is -0.601. The van der Waals surface area contributed by atoms with Crippen molar-refractivity contribution in [1.82, 2.24) is 0 Å². The molecule has 0 radical (unpaired) electrons. The lowest BCUT2D eigenvalue weighted by Gasteiger charge is -2.28. The Labute approximate surface area is 68.0 Å². The van der Waals surface area contributed by atoms with E-state index in [-0.39, 0.29) is 0 Å². The number of fused-ring (bicyclic) bond motifs is 1. The van der Waals surface area contributed by atoms with E-state index in [9.17, 15) is 10.2 Å². The van der Waals surface area contributed by atoms with Crippen LogP contribution < -0.4 is 0 Å². The van der Waals surface area contributed by atoms with E-state index >= 15 is 0 Å². The highest BCUT2D eigenvalue weighted by Crippen LogP contribution is 2.44. The van der Waals surface area contributed by atoms with Crippen molar-refractivity contribution in [3.63, 3.8) is 0 Å². The molecular weight excluding hydrogens is 168 g/mol. The molecule has 6 nitrogen and oxygen atoms in total. The molecule has 2 saturated heterocycles. The van der Waals surface area contributed by atoms with Gasteiger partial charge < -0.3 is 25.2 Å². The van der Waals surface area contributed by atoms with Gasteiger partial charge in [0.25, 0.3) is 5.79 Å². The molecule has 0 aromatic carbocycles. The van der Waals surface area contributed by atoms with Gasteiger partial charge in [0, 0.05) is 0 Å². The molecule has 2 fully saturated rings. The van der Waals surface area contributed by atoms with E-state index in [1.54, 1.807) is 0 Å². The highest BCUT2D eigenvalue weighted by molar-refractivity contribution is 4.94. The van der Waals surface area contributed by atoms with Crippen molar-refractivity contribution < 1.29 is 29.9 Å². The highest BCUT2D eigenvalue weighted by atomic mass is 16.9. The lowest BCUT2D eigenvalue weighted by molar-refractivity contribution is -0.441. The summed E-state index contributed by atoms with van der Waals surface area (Å²) >= 11 is 0. The summed E-state index contributed by atoms with van der Waals surface area (Å²) in [6.45, 7) is 0.328. The third-order valence-electron chi connectivity index (χ3n) is 2.32. The fourth-order valence-electron chi connectivity index (χ4n) is 1.56. The van der Waals surface area contributed by atoms with E-state index in [2.05, 4.69) is 4.74 Å². The first-order valence-electron chi connectivity index (χ1n) is 3.64. The summed E-state index contributed by atoms with van der Waals surface area (Å²) in [6, 6.07) is 0. The van der Waals surface area contributed by atoms with Crippen LogP contribution >= 0.6 is 0 Å². The van der Waals surface area contributed by atoms with Gasteiger partial charge in [-0.2, -0.15) is 0 Å². The SMILES string of the molecule is OC1(O)OC2OCCC2C1(O)O. The van der Waals surface area contributed by atoms with E-state index in [1.807, 2.05) is 0 Å². The Kier molecular flexibility index (Phi) is 1.51. The number of aliphatic hydroxyl groups is 4. The summed E-state index contributed by atoms with van der Waals surface area (Å²) in [7, 11) is 0. The average molecular weight is 178 g/mol. The predicted molar refractivity (Wildman–Crippen MR) is 33.3 cm³/mol. The Morgan fingerprint density at radius 1 is 1.17 bits per heavy atom. The molecular formula is C6H10O6. The zero-order chi connectivity index (χ0) is 8.98. The number of hydrogen-bond donors (Lipinski definition) is 4. The van der Waals surface area contributed by atoms with Crippen LogP contribution in [0.2, 0.25) is 0 Å². The molecule has 0 amide bonds. The van der Waals surface area contributed by atoms with Gasteiger partial charge in [-0.05, 0) is 6.42 Å². The van der Waals surface area contributed by atoms with Crippen molar-refractivity contribution >= 4 is 0 Å². The molecule has 6 heteroatoms. The van der Waals surface area contributed by atoms with E-state index < -0.39 is 24.0 Å². The summed E-state index contributed by atoms with van der Waals surface area (Å²) in [5.74, 6) is -6.37. The minimum atomic E-state index is -2.93. The molecule has 2 aliphatic heterocycles. The Hall–Kier alpha value is -0.240. The monoisotopic (exact) mass is 178 g/mol. The average Bonchev–Trinajstić information content (AvgIpc) is 2.39. The molecule has 2 aliphatic rings. The summed E-state index contributed by atoms with van der Waals surface area (Å²) in [5, 5.41) is 36.4. The molecule has 0 aromatic rings. The molecule has 70 valence electrons. The second-order valence-electron chi connectivity index (χ2n) is 3.09. The zero-order valence-corrected chi connectivity index (χ0v) is 6.17. The predicted octanol–water partition coefficient (Wildman–Crippen LogP) is -2.30. The molecule has 2 heterocycles. The van der Waals surface area contributed by atoms with Crippen molar-refractivity contribution in [2.75, 3.05) is 6.61 Å². The van der Waals surface area contributed by atoms with Gasteiger partial charge in [0.1, 0.15) is 0 Å². The van der Waals surface area contributed by atoms with Gasteiger partial charge in [0.15, 0.2) is 6.29 Å². The maximum absolute atomic E-state index is 9.24. The standard InChI is InChI=1S/C6H10O6/c7-5(8)3-1-2-11-4(3)12-6(5,9)10/h3-4,7-10H,1-2H2. The Morgan fingerprint density at radius 2 is 1.83 bits per heavy atom. The fraction of sp³-hybridized carbons (Fsp3) is 1.00. The van der Waals surface area contributed by atoms with Crippen LogP contribution in [0.3, 0.4) is 0 Å². The molecule has 4 N–H and O–H groups in total. The van der Waals surface area contributed by atoms with Crippen molar-refractivity contribution in [1.29, 1.82) is 0 Å². The fourth-order valence-corrected chi connectivity index (χ4v) is 1.56. The maximum Gasteiger partial charge on any atom is 0.337 e. The Bertz CT molecular complexity index is 200. The van der Waals surface area contributed by atoms with Crippen LogP contribution in [0.5, 0.6) is 0 Å². The van der Waals surface area contributed by atoms with Crippen molar-refractivity contribution in [2.24, 2.45) is 5.92 Å². The lowest BCUT2D eigenvalue weighted by atomic mass is 9.97. The lowest BCUT2D eigenvalue weighted by Crippen LogP contribution is -2.54. The summed E-state index contributed by atoms with van der Waals surface area (Å²) in [4.78, 5) is 0. The molecule has 0 spiro atoms. The molecule has 0 aromatic heterocycles. The minimum absolute atomic E-state index is 0.328. The normalized spacial score (nSPS) is 43.0. The third kappa shape index (κ3) is 0.846. The van der Waals surface area contributed by atoms with Gasteiger partial charge in [-0.3, -0.25) is 4.74 Å². The number of hydrogen-bond acceptors (Lipinski definition) is 6. The van der Waals surface area contributed by atoms with Crippen LogP contribution in [0.15, 0.2) is 0 Å². The van der Waals surface area contributed by atoms with Gasteiger partial charge >= 0.3 is 5.97 Å². The number of rotatable bonds is 0. The largest absolute Gasteiger partial charge is 0.359 e. The van der Waals surface area contributed by atoms with Gasteiger partial charge in [0.05, 0.1) is 12.5 Å². The Morgan fingerprint density at radius 3 is 2.42 bits per heavy atom. The van der Waals surface area contributed by atoms with Gasteiger partial charge in [0.2, 0.25) is 0 Å². The smallest absolute Gasteiger partial charge is 0.337 e. The van der Waals surface area contributed by atoms with Crippen LogP contribution in [0.1, 0.15) is 6.42 Å². The van der Waals surface area contributed by atoms with E-state index in [0.717, 1.165) is 0 Å². The zero-order valence-electron chi connectivity index (χ0n) is 6.17. The van der Waals surface area contributed by atoms with Gasteiger partial charge in [-0.15, -0.1) is 0 Å².